The van der Waals surface area contributed by atoms with Crippen molar-refractivity contribution in [2.75, 3.05) is 7.05 Å². The molecule has 2 heteroatoms. The van der Waals surface area contributed by atoms with E-state index in [1.165, 1.54) is 11.1 Å². The van der Waals surface area contributed by atoms with Crippen LogP contribution in [-0.2, 0) is 5.41 Å². The first-order chi connectivity index (χ1) is 7.43. The Morgan fingerprint density at radius 1 is 1.25 bits per heavy atom. The van der Waals surface area contributed by atoms with Gasteiger partial charge in [0.15, 0.2) is 0 Å². The minimum absolute atomic E-state index is 0.194. The van der Waals surface area contributed by atoms with E-state index in [-0.39, 0.29) is 11.5 Å². The van der Waals surface area contributed by atoms with Crippen LogP contribution in [0.25, 0.3) is 0 Å². The van der Waals surface area contributed by atoms with E-state index in [0.717, 1.165) is 5.75 Å². The molecule has 2 nitrogen and oxygen atoms in total. The van der Waals surface area contributed by atoms with Gasteiger partial charge in [-0.1, -0.05) is 26.8 Å². The fourth-order valence-corrected chi connectivity index (χ4v) is 2.28. The van der Waals surface area contributed by atoms with Gasteiger partial charge in [0.25, 0.3) is 0 Å². The van der Waals surface area contributed by atoms with Gasteiger partial charge in [-0.15, -0.1) is 0 Å². The summed E-state index contributed by atoms with van der Waals surface area (Å²) in [5, 5.41) is 3.32. The molecule has 16 heavy (non-hydrogen) atoms. The molecule has 0 saturated heterocycles. The van der Waals surface area contributed by atoms with Crippen LogP contribution in [0.15, 0.2) is 18.2 Å². The van der Waals surface area contributed by atoms with Gasteiger partial charge in [0.2, 0.25) is 0 Å². The molecular formula is C14H21NO. The van der Waals surface area contributed by atoms with Crippen LogP contribution >= 0.6 is 0 Å². The molecule has 1 aliphatic rings. The van der Waals surface area contributed by atoms with Crippen LogP contribution in [0, 0.1) is 0 Å². The number of hydrogen-bond acceptors (Lipinski definition) is 2. The van der Waals surface area contributed by atoms with Crippen molar-refractivity contribution in [2.24, 2.45) is 0 Å². The second-order valence-electron chi connectivity index (χ2n) is 5.59. The molecule has 0 aliphatic carbocycles. The van der Waals surface area contributed by atoms with Crippen molar-refractivity contribution in [3.63, 3.8) is 0 Å². The summed E-state index contributed by atoms with van der Waals surface area (Å²) in [7, 11) is 1.99. The molecule has 1 aromatic rings. The Morgan fingerprint density at radius 2 is 1.94 bits per heavy atom. The topological polar surface area (TPSA) is 21.3 Å². The van der Waals surface area contributed by atoms with E-state index in [9.17, 15) is 0 Å². The summed E-state index contributed by atoms with van der Waals surface area (Å²) >= 11 is 0. The van der Waals surface area contributed by atoms with E-state index in [1.807, 2.05) is 7.05 Å². The lowest BCUT2D eigenvalue weighted by atomic mass is 9.85. The van der Waals surface area contributed by atoms with Crippen molar-refractivity contribution in [1.29, 1.82) is 0 Å². The fourth-order valence-electron chi connectivity index (χ4n) is 2.28. The second kappa shape index (κ2) is 3.77. The number of benzene rings is 1. The summed E-state index contributed by atoms with van der Waals surface area (Å²) in [4.78, 5) is 0. The van der Waals surface area contributed by atoms with E-state index >= 15 is 0 Å². The van der Waals surface area contributed by atoms with Crippen molar-refractivity contribution in [3.05, 3.63) is 29.3 Å². The summed E-state index contributed by atoms with van der Waals surface area (Å²) in [6.07, 6.45) is 0.218. The highest BCUT2D eigenvalue weighted by Gasteiger charge is 2.30. The monoisotopic (exact) mass is 219 g/mol. The first-order valence-electron chi connectivity index (χ1n) is 5.92. The Labute approximate surface area is 98.0 Å². The Kier molecular flexibility index (Phi) is 2.70. The number of hydrogen-bond donors (Lipinski definition) is 1. The molecule has 88 valence electrons. The first-order valence-corrected chi connectivity index (χ1v) is 5.92. The normalized spacial score (nSPS) is 24.1. The summed E-state index contributed by atoms with van der Waals surface area (Å²) in [6, 6.07) is 6.87. The maximum atomic E-state index is 5.82. The standard InChI is InChI=1S/C14H21NO/c1-9-13(15-5)11-8-10(14(2,3)4)6-7-12(11)16-9/h6-9,13,15H,1-5H3. The molecule has 0 aromatic heterocycles. The Balaban J connectivity index is 2.43. The molecule has 1 aromatic carbocycles. The van der Waals surface area contributed by atoms with Crippen molar-refractivity contribution in [1.82, 2.24) is 5.32 Å². The van der Waals surface area contributed by atoms with Gasteiger partial charge in [0.1, 0.15) is 11.9 Å². The number of rotatable bonds is 1. The molecule has 1 heterocycles. The lowest BCUT2D eigenvalue weighted by Crippen LogP contribution is -2.25. The molecule has 1 N–H and O–H groups in total. The highest BCUT2D eigenvalue weighted by Crippen LogP contribution is 2.38. The molecule has 0 amide bonds. The molecule has 0 radical (unpaired) electrons. The second-order valence-corrected chi connectivity index (χ2v) is 5.59. The van der Waals surface area contributed by atoms with Crippen LogP contribution in [0.2, 0.25) is 0 Å². The van der Waals surface area contributed by atoms with Crippen LogP contribution in [0.1, 0.15) is 44.9 Å². The molecule has 2 atom stereocenters. The maximum Gasteiger partial charge on any atom is 0.124 e. The number of ether oxygens (including phenoxy) is 1. The lowest BCUT2D eigenvalue weighted by Gasteiger charge is -2.20. The van der Waals surface area contributed by atoms with Crippen LogP contribution < -0.4 is 10.1 Å². The van der Waals surface area contributed by atoms with E-state index in [4.69, 9.17) is 4.74 Å². The molecule has 0 bridgehead atoms. The quantitative estimate of drug-likeness (QED) is 0.784. The summed E-state index contributed by atoms with van der Waals surface area (Å²) < 4.78 is 5.82. The molecule has 0 saturated carbocycles. The first kappa shape index (κ1) is 11.5. The highest BCUT2D eigenvalue weighted by molar-refractivity contribution is 5.44. The van der Waals surface area contributed by atoms with Crippen LogP contribution in [-0.4, -0.2) is 13.2 Å². The van der Waals surface area contributed by atoms with Gasteiger partial charge in [-0.2, -0.15) is 0 Å². The fraction of sp³-hybridized carbons (Fsp3) is 0.571. The average Bonchev–Trinajstić information content (AvgIpc) is 2.50. The van der Waals surface area contributed by atoms with Gasteiger partial charge in [-0.05, 0) is 37.1 Å². The highest BCUT2D eigenvalue weighted by atomic mass is 16.5. The number of nitrogens with one attached hydrogen (secondary N) is 1. The van der Waals surface area contributed by atoms with Crippen molar-refractivity contribution < 1.29 is 4.74 Å². The molecular weight excluding hydrogens is 198 g/mol. The molecule has 1 aliphatic heterocycles. The number of likely N-dealkylation sites (N-methyl/N-ethyl adjacent to an activating group) is 1. The van der Waals surface area contributed by atoms with Gasteiger partial charge < -0.3 is 10.1 Å². The molecule has 2 rings (SSSR count). The molecule has 0 spiro atoms. The van der Waals surface area contributed by atoms with Gasteiger partial charge in [0.05, 0.1) is 6.04 Å². The predicted octanol–water partition coefficient (Wildman–Crippen LogP) is 3.03. The van der Waals surface area contributed by atoms with Gasteiger partial charge in [0, 0.05) is 5.56 Å². The third-order valence-electron chi connectivity index (χ3n) is 3.30. The van der Waals surface area contributed by atoms with E-state index in [2.05, 4.69) is 51.2 Å². The van der Waals surface area contributed by atoms with E-state index < -0.39 is 0 Å². The van der Waals surface area contributed by atoms with Gasteiger partial charge in [-0.25, -0.2) is 0 Å². The van der Waals surface area contributed by atoms with Gasteiger partial charge in [-0.3, -0.25) is 0 Å². The predicted molar refractivity (Wildman–Crippen MR) is 67.0 cm³/mol. The Morgan fingerprint density at radius 3 is 2.50 bits per heavy atom. The zero-order valence-corrected chi connectivity index (χ0v) is 10.8. The van der Waals surface area contributed by atoms with Crippen molar-refractivity contribution in [3.8, 4) is 5.75 Å². The lowest BCUT2D eigenvalue weighted by molar-refractivity contribution is 0.214. The molecule has 2 unspecified atom stereocenters. The summed E-state index contributed by atoms with van der Waals surface area (Å²) in [5.74, 6) is 1.03. The largest absolute Gasteiger partial charge is 0.488 e. The van der Waals surface area contributed by atoms with Crippen molar-refractivity contribution >= 4 is 0 Å². The maximum absolute atomic E-state index is 5.82. The number of fused-ring (bicyclic) bond motifs is 1. The Bertz CT molecular complexity index is 392. The third kappa shape index (κ3) is 1.82. The van der Waals surface area contributed by atoms with Crippen LogP contribution in [0.3, 0.4) is 0 Å². The van der Waals surface area contributed by atoms with E-state index in [0.29, 0.717) is 6.04 Å². The summed E-state index contributed by atoms with van der Waals surface area (Å²) in [6.45, 7) is 8.82. The van der Waals surface area contributed by atoms with Crippen LogP contribution in [0.5, 0.6) is 5.75 Å². The Hall–Kier alpha value is -1.02. The summed E-state index contributed by atoms with van der Waals surface area (Å²) in [5.41, 5.74) is 2.85. The SMILES string of the molecule is CNC1c2cc(C(C)(C)C)ccc2OC1C. The zero-order chi connectivity index (χ0) is 11.9. The van der Waals surface area contributed by atoms with Crippen LogP contribution in [0.4, 0.5) is 0 Å². The van der Waals surface area contributed by atoms with Gasteiger partial charge >= 0.3 is 0 Å². The minimum Gasteiger partial charge on any atom is -0.488 e. The smallest absolute Gasteiger partial charge is 0.124 e. The third-order valence-corrected chi connectivity index (χ3v) is 3.30. The minimum atomic E-state index is 0.194. The average molecular weight is 219 g/mol. The van der Waals surface area contributed by atoms with Crippen molar-refractivity contribution in [2.45, 2.75) is 45.3 Å². The van der Waals surface area contributed by atoms with E-state index in [1.54, 1.807) is 0 Å². The molecule has 0 fully saturated rings. The zero-order valence-electron chi connectivity index (χ0n) is 10.8.